The van der Waals surface area contributed by atoms with Crippen LogP contribution in [0.2, 0.25) is 0 Å². The minimum Gasteiger partial charge on any atom is -0.122 e. The molecule has 31 valence electrons. The zero-order valence-electron chi connectivity index (χ0n) is 2.91. The highest BCUT2D eigenvalue weighted by atomic mass is 79.9. The van der Waals surface area contributed by atoms with Crippen LogP contribution in [0.15, 0.2) is 0 Å². The summed E-state index contributed by atoms with van der Waals surface area (Å²) in [5.74, 6) is 0. The molecular weight excluding hydrogens is 151 g/mol. The summed E-state index contributed by atoms with van der Waals surface area (Å²) < 4.78 is 0. The topological polar surface area (TPSA) is 0 Å². The first kappa shape index (κ1) is 5.77. The maximum atomic E-state index is 5.36. The lowest BCUT2D eigenvalue weighted by Crippen LogP contribution is -1.79. The van der Waals surface area contributed by atoms with Gasteiger partial charge in [0.15, 0.2) is 0 Å². The van der Waals surface area contributed by atoms with Gasteiger partial charge in [0.25, 0.3) is 0 Å². The molecule has 1 radical (unpaired) electrons. The van der Waals surface area contributed by atoms with Gasteiger partial charge in [0.2, 0.25) is 0 Å². The van der Waals surface area contributed by atoms with Gasteiger partial charge in [0.1, 0.15) is 0 Å². The molecule has 0 aromatic heterocycles. The number of rotatable bonds is 1. The lowest BCUT2D eigenvalue weighted by Gasteiger charge is -1.85. The highest BCUT2D eigenvalue weighted by Gasteiger charge is 1.85. The van der Waals surface area contributed by atoms with Crippen LogP contribution in [0, 0.1) is 5.33 Å². The van der Waals surface area contributed by atoms with Crippen LogP contribution in [0.4, 0.5) is 0 Å². The average molecular weight is 156 g/mol. The molecule has 0 spiro atoms. The van der Waals surface area contributed by atoms with Gasteiger partial charge in [-0.2, -0.15) is 0 Å². The Balaban J connectivity index is 2.54. The van der Waals surface area contributed by atoms with Crippen LogP contribution < -0.4 is 0 Å². The van der Waals surface area contributed by atoms with E-state index in [-0.39, 0.29) is 5.38 Å². The quantitative estimate of drug-likeness (QED) is 0.511. The van der Waals surface area contributed by atoms with Crippen molar-refractivity contribution in [3.63, 3.8) is 0 Å². The van der Waals surface area contributed by atoms with E-state index in [1.165, 1.54) is 0 Å². The van der Waals surface area contributed by atoms with Gasteiger partial charge >= 0.3 is 0 Å². The van der Waals surface area contributed by atoms with Gasteiger partial charge in [-0.3, -0.25) is 0 Å². The fourth-order valence-electron chi connectivity index (χ4n) is 0. The van der Waals surface area contributed by atoms with Crippen LogP contribution in [0.3, 0.4) is 0 Å². The molecule has 1 atom stereocenters. The first-order chi connectivity index (χ1) is 2.27. The Hall–Kier alpha value is 0.770. The molecule has 0 aromatic rings. The molecule has 0 aromatic carbocycles. The van der Waals surface area contributed by atoms with Crippen molar-refractivity contribution in [3.8, 4) is 0 Å². The Bertz CT molecular complexity index is 20.9. The van der Waals surface area contributed by atoms with Crippen LogP contribution in [-0.4, -0.2) is 5.38 Å². The van der Waals surface area contributed by atoms with E-state index in [1.807, 2.05) is 6.92 Å². The van der Waals surface area contributed by atoms with Crippen molar-refractivity contribution in [1.29, 1.82) is 0 Å². The summed E-state index contributed by atoms with van der Waals surface area (Å²) in [5.41, 5.74) is 0. The minimum absolute atomic E-state index is 0.148. The predicted octanol–water partition coefficient (Wildman–Crippen LogP) is 2.17. The molecule has 0 N–H and O–H groups in total. The summed E-state index contributed by atoms with van der Waals surface area (Å²) >= 11 is 8.42. The summed E-state index contributed by atoms with van der Waals surface area (Å²) in [7, 11) is 0. The Labute approximate surface area is 45.6 Å². The van der Waals surface area contributed by atoms with E-state index >= 15 is 0 Å². The molecule has 0 nitrogen and oxygen atoms in total. The second kappa shape index (κ2) is 2.98. The summed E-state index contributed by atoms with van der Waals surface area (Å²) in [5, 5.41) is 1.89. The SMILES string of the molecule is CC(Cl)[CH]Br. The maximum Gasteiger partial charge on any atom is 0.0446 e. The third kappa shape index (κ3) is 4.77. The molecule has 0 amide bonds. The fraction of sp³-hybridized carbons (Fsp3) is 0.667. The molecule has 0 saturated heterocycles. The van der Waals surface area contributed by atoms with Crippen molar-refractivity contribution < 1.29 is 0 Å². The monoisotopic (exact) mass is 155 g/mol. The molecule has 0 aliphatic rings. The lowest BCUT2D eigenvalue weighted by molar-refractivity contribution is 1.21. The van der Waals surface area contributed by atoms with E-state index in [4.69, 9.17) is 11.6 Å². The molecule has 0 saturated carbocycles. The molecule has 0 bridgehead atoms. The first-order valence-electron chi connectivity index (χ1n) is 1.35. The Morgan fingerprint density at radius 2 is 2.20 bits per heavy atom. The van der Waals surface area contributed by atoms with Gasteiger partial charge in [0, 0.05) is 10.7 Å². The van der Waals surface area contributed by atoms with E-state index in [2.05, 4.69) is 15.9 Å². The van der Waals surface area contributed by atoms with Crippen molar-refractivity contribution in [2.75, 3.05) is 0 Å². The minimum atomic E-state index is 0.148. The van der Waals surface area contributed by atoms with E-state index in [1.54, 1.807) is 5.33 Å². The smallest absolute Gasteiger partial charge is 0.0446 e. The Morgan fingerprint density at radius 3 is 2.20 bits per heavy atom. The highest BCUT2D eigenvalue weighted by molar-refractivity contribution is 9.10. The third-order valence-corrected chi connectivity index (χ3v) is 1.40. The highest BCUT2D eigenvalue weighted by Crippen LogP contribution is 2.02. The number of hydrogen-bond acceptors (Lipinski definition) is 0. The summed E-state index contributed by atoms with van der Waals surface area (Å²) in [6.45, 7) is 1.89. The molecule has 0 aliphatic heterocycles. The second-order valence-corrected chi connectivity index (χ2v) is 2.02. The zero-order chi connectivity index (χ0) is 4.28. The van der Waals surface area contributed by atoms with Crippen molar-refractivity contribution >= 4 is 27.5 Å². The van der Waals surface area contributed by atoms with Crippen LogP contribution >= 0.6 is 27.5 Å². The van der Waals surface area contributed by atoms with Crippen molar-refractivity contribution in [2.45, 2.75) is 12.3 Å². The number of halogens is 2. The van der Waals surface area contributed by atoms with Crippen LogP contribution in [0.25, 0.3) is 0 Å². The summed E-state index contributed by atoms with van der Waals surface area (Å²) in [6.07, 6.45) is 0. The molecule has 0 rings (SSSR count). The Kier molecular flexibility index (Phi) is 3.44. The van der Waals surface area contributed by atoms with Crippen molar-refractivity contribution in [3.05, 3.63) is 5.33 Å². The van der Waals surface area contributed by atoms with Crippen LogP contribution in [-0.2, 0) is 0 Å². The molecule has 2 heteroatoms. The molecule has 0 aliphatic carbocycles. The van der Waals surface area contributed by atoms with E-state index in [9.17, 15) is 0 Å². The lowest BCUT2D eigenvalue weighted by atomic mass is 10.6. The van der Waals surface area contributed by atoms with E-state index in [0.717, 1.165) is 0 Å². The van der Waals surface area contributed by atoms with Crippen LogP contribution in [0.5, 0.6) is 0 Å². The van der Waals surface area contributed by atoms with Crippen molar-refractivity contribution in [1.82, 2.24) is 0 Å². The molecule has 5 heavy (non-hydrogen) atoms. The maximum absolute atomic E-state index is 5.36. The largest absolute Gasteiger partial charge is 0.122 e. The standard InChI is InChI=1S/C3H5BrCl/c1-3(5)2-4/h2-3H,1H3. The summed E-state index contributed by atoms with van der Waals surface area (Å²) in [6, 6.07) is 0. The molecule has 0 heterocycles. The third-order valence-electron chi connectivity index (χ3n) is 0.174. The van der Waals surface area contributed by atoms with Crippen LogP contribution in [0.1, 0.15) is 6.92 Å². The normalized spacial score (nSPS) is 15.0. The molecule has 1 unspecified atom stereocenters. The number of alkyl halides is 1. The van der Waals surface area contributed by atoms with E-state index < -0.39 is 0 Å². The zero-order valence-corrected chi connectivity index (χ0v) is 5.25. The van der Waals surface area contributed by atoms with Gasteiger partial charge in [-0.15, -0.1) is 11.6 Å². The van der Waals surface area contributed by atoms with Gasteiger partial charge in [-0.25, -0.2) is 0 Å². The molecular formula is C3H5BrCl. The predicted molar refractivity (Wildman–Crippen MR) is 28.5 cm³/mol. The van der Waals surface area contributed by atoms with Gasteiger partial charge in [0.05, 0.1) is 0 Å². The summed E-state index contributed by atoms with van der Waals surface area (Å²) in [4.78, 5) is 0. The molecule has 0 fully saturated rings. The Morgan fingerprint density at radius 1 is 2.00 bits per heavy atom. The second-order valence-electron chi connectivity index (χ2n) is 0.804. The van der Waals surface area contributed by atoms with Gasteiger partial charge in [-0.1, -0.05) is 15.9 Å². The van der Waals surface area contributed by atoms with Crippen molar-refractivity contribution in [2.24, 2.45) is 0 Å². The van der Waals surface area contributed by atoms with Gasteiger partial charge < -0.3 is 0 Å². The average Bonchev–Trinajstić information content (AvgIpc) is 1.38. The van der Waals surface area contributed by atoms with Gasteiger partial charge in [-0.05, 0) is 6.92 Å². The first-order valence-corrected chi connectivity index (χ1v) is 2.70. The fourth-order valence-corrected chi connectivity index (χ4v) is 0. The number of hydrogen-bond donors (Lipinski definition) is 0. The van der Waals surface area contributed by atoms with E-state index in [0.29, 0.717) is 0 Å².